The number of esters is 1. The molecule has 1 fully saturated rings. The maximum absolute atomic E-state index is 11.5. The third kappa shape index (κ3) is 4.16. The van der Waals surface area contributed by atoms with Gasteiger partial charge in [0.2, 0.25) is 5.82 Å². The first-order valence-corrected chi connectivity index (χ1v) is 8.01. The van der Waals surface area contributed by atoms with Crippen molar-refractivity contribution in [2.24, 2.45) is 5.92 Å². The van der Waals surface area contributed by atoms with E-state index in [9.17, 15) is 14.9 Å². The van der Waals surface area contributed by atoms with Gasteiger partial charge in [-0.15, -0.1) is 0 Å². The van der Waals surface area contributed by atoms with Crippen molar-refractivity contribution in [3.8, 4) is 0 Å². The molecule has 1 saturated heterocycles. The molecule has 0 radical (unpaired) electrons. The van der Waals surface area contributed by atoms with E-state index < -0.39 is 4.92 Å². The maximum Gasteiger partial charge on any atom is 0.312 e. The quantitative estimate of drug-likeness (QED) is 0.449. The highest BCUT2D eigenvalue weighted by atomic mass is 79.9. The Morgan fingerprint density at radius 3 is 2.82 bits per heavy atom. The minimum atomic E-state index is -0.419. The molecule has 7 nitrogen and oxygen atoms in total. The van der Waals surface area contributed by atoms with Crippen LogP contribution in [0.4, 0.5) is 11.5 Å². The molecular weight excluding hydrogens is 354 g/mol. The number of carbonyl (C=O) groups is 1. The summed E-state index contributed by atoms with van der Waals surface area (Å²) in [6.45, 7) is 3.49. The van der Waals surface area contributed by atoms with E-state index in [2.05, 4.69) is 20.9 Å². The van der Waals surface area contributed by atoms with E-state index in [4.69, 9.17) is 4.74 Å². The summed E-state index contributed by atoms with van der Waals surface area (Å²) < 4.78 is 5.54. The molecule has 0 atom stereocenters. The molecule has 0 saturated carbocycles. The Kier molecular flexibility index (Phi) is 5.70. The molecule has 0 amide bonds. The molecule has 1 aromatic rings. The van der Waals surface area contributed by atoms with Gasteiger partial charge in [-0.3, -0.25) is 14.9 Å². The summed E-state index contributed by atoms with van der Waals surface area (Å²) in [5.41, 5.74) is -0.00165. The van der Waals surface area contributed by atoms with Gasteiger partial charge in [0, 0.05) is 36.2 Å². The largest absolute Gasteiger partial charge is 0.466 e. The van der Waals surface area contributed by atoms with Gasteiger partial charge < -0.3 is 9.64 Å². The fourth-order valence-electron chi connectivity index (χ4n) is 2.60. The minimum absolute atomic E-state index is 0.00165. The molecule has 0 unspecified atom stereocenters. The van der Waals surface area contributed by atoms with Crippen molar-refractivity contribution in [1.82, 2.24) is 4.98 Å². The molecule has 22 heavy (non-hydrogen) atoms. The zero-order valence-electron chi connectivity index (χ0n) is 12.3. The maximum atomic E-state index is 11.5. The van der Waals surface area contributed by atoms with Crippen molar-refractivity contribution < 1.29 is 14.5 Å². The molecular formula is C14H18BrN3O4. The van der Waals surface area contributed by atoms with Crippen molar-refractivity contribution in [1.29, 1.82) is 0 Å². The van der Waals surface area contributed by atoms with Crippen LogP contribution < -0.4 is 4.90 Å². The first kappa shape index (κ1) is 16.7. The van der Waals surface area contributed by atoms with Crippen molar-refractivity contribution >= 4 is 33.4 Å². The normalized spacial score (nSPS) is 15.6. The van der Waals surface area contributed by atoms with E-state index in [1.165, 1.54) is 6.07 Å². The number of halogens is 1. The Labute approximate surface area is 136 Å². The molecule has 1 aromatic heterocycles. The third-order valence-electron chi connectivity index (χ3n) is 3.69. The summed E-state index contributed by atoms with van der Waals surface area (Å²) >= 11 is 3.20. The fourth-order valence-corrected chi connectivity index (χ4v) is 2.92. The van der Waals surface area contributed by atoms with Crippen molar-refractivity contribution in [2.45, 2.75) is 26.2 Å². The van der Waals surface area contributed by atoms with Gasteiger partial charge in [0.15, 0.2) is 0 Å². The van der Waals surface area contributed by atoms with E-state index in [0.29, 0.717) is 36.4 Å². The highest BCUT2D eigenvalue weighted by molar-refractivity contribution is 9.10. The van der Waals surface area contributed by atoms with Crippen LogP contribution >= 0.6 is 15.9 Å². The zero-order valence-corrected chi connectivity index (χ0v) is 13.9. The van der Waals surface area contributed by atoms with Crippen LogP contribution in [-0.4, -0.2) is 35.6 Å². The Balaban J connectivity index is 2.00. The lowest BCUT2D eigenvalue weighted by atomic mass is 9.93. The number of nitrogens with zero attached hydrogens (tertiary/aromatic N) is 3. The number of hydrogen-bond donors (Lipinski definition) is 0. The molecule has 1 aliphatic rings. The number of anilines is 1. The van der Waals surface area contributed by atoms with Gasteiger partial charge in [0.1, 0.15) is 0 Å². The van der Waals surface area contributed by atoms with Gasteiger partial charge in [0.25, 0.3) is 0 Å². The lowest BCUT2D eigenvalue weighted by Crippen LogP contribution is -2.35. The lowest BCUT2D eigenvalue weighted by molar-refractivity contribution is -0.384. The van der Waals surface area contributed by atoms with Crippen LogP contribution in [-0.2, 0) is 9.53 Å². The molecule has 8 heteroatoms. The monoisotopic (exact) mass is 371 g/mol. The molecule has 1 aliphatic heterocycles. The van der Waals surface area contributed by atoms with Crippen LogP contribution in [0.15, 0.2) is 16.7 Å². The van der Waals surface area contributed by atoms with Crippen LogP contribution in [0.5, 0.6) is 0 Å². The zero-order chi connectivity index (χ0) is 16.1. The van der Waals surface area contributed by atoms with Crippen LogP contribution in [0.25, 0.3) is 0 Å². The Bertz CT molecular complexity index is 559. The van der Waals surface area contributed by atoms with E-state index in [-0.39, 0.29) is 17.6 Å². The molecule has 120 valence electrons. The number of nitro groups is 1. The summed E-state index contributed by atoms with van der Waals surface area (Å²) in [5.74, 6) is 0.487. The molecule has 2 rings (SSSR count). The standard InChI is InChI=1S/C14H18BrN3O4/c1-2-22-13(19)7-10-3-5-17(6-4-10)14-12(18(20)21)8-11(15)9-16-14/h8-10H,2-7H2,1H3. The summed E-state index contributed by atoms with van der Waals surface area (Å²) in [7, 11) is 0. The third-order valence-corrected chi connectivity index (χ3v) is 4.12. The molecule has 2 heterocycles. The topological polar surface area (TPSA) is 85.6 Å². The second kappa shape index (κ2) is 7.53. The van der Waals surface area contributed by atoms with Crippen LogP contribution in [0.2, 0.25) is 0 Å². The fraction of sp³-hybridized carbons (Fsp3) is 0.571. The average molecular weight is 372 g/mol. The Morgan fingerprint density at radius 1 is 1.55 bits per heavy atom. The molecule has 0 bridgehead atoms. The molecule has 0 N–H and O–H groups in total. The summed E-state index contributed by atoms with van der Waals surface area (Å²) in [6, 6.07) is 1.47. The Hall–Kier alpha value is -1.70. The van der Waals surface area contributed by atoms with Gasteiger partial charge in [-0.25, -0.2) is 4.98 Å². The highest BCUT2D eigenvalue weighted by Crippen LogP contribution is 2.32. The number of pyridine rings is 1. The van der Waals surface area contributed by atoms with E-state index in [0.717, 1.165) is 12.8 Å². The molecule has 0 aliphatic carbocycles. The van der Waals surface area contributed by atoms with Crippen LogP contribution in [0.3, 0.4) is 0 Å². The number of hydrogen-bond acceptors (Lipinski definition) is 6. The SMILES string of the molecule is CCOC(=O)CC1CCN(c2ncc(Br)cc2[N+](=O)[O-])CC1. The van der Waals surface area contributed by atoms with E-state index >= 15 is 0 Å². The summed E-state index contributed by atoms with van der Waals surface area (Å²) in [4.78, 5) is 28.3. The molecule has 0 aromatic carbocycles. The molecule has 0 spiro atoms. The minimum Gasteiger partial charge on any atom is -0.466 e. The van der Waals surface area contributed by atoms with Crippen molar-refractivity contribution in [3.05, 3.63) is 26.9 Å². The van der Waals surface area contributed by atoms with Gasteiger partial charge in [0.05, 0.1) is 11.5 Å². The first-order valence-electron chi connectivity index (χ1n) is 7.21. The van der Waals surface area contributed by atoms with E-state index in [1.807, 2.05) is 4.90 Å². The predicted octanol–water partition coefficient (Wildman–Crippen LogP) is 2.92. The summed E-state index contributed by atoms with van der Waals surface area (Å²) in [5, 5.41) is 11.2. The van der Waals surface area contributed by atoms with E-state index in [1.54, 1.807) is 13.1 Å². The number of rotatable bonds is 5. The number of piperidine rings is 1. The number of aromatic nitrogens is 1. The second-order valence-electron chi connectivity index (χ2n) is 5.19. The van der Waals surface area contributed by atoms with Gasteiger partial charge in [-0.1, -0.05) is 0 Å². The van der Waals surface area contributed by atoms with Crippen LogP contribution in [0, 0.1) is 16.0 Å². The number of carbonyl (C=O) groups excluding carboxylic acids is 1. The van der Waals surface area contributed by atoms with Crippen molar-refractivity contribution in [2.75, 3.05) is 24.6 Å². The van der Waals surface area contributed by atoms with Crippen molar-refractivity contribution in [3.63, 3.8) is 0 Å². The Morgan fingerprint density at radius 2 is 2.23 bits per heavy atom. The second-order valence-corrected chi connectivity index (χ2v) is 6.11. The average Bonchev–Trinajstić information content (AvgIpc) is 2.48. The van der Waals surface area contributed by atoms with Gasteiger partial charge in [-0.2, -0.15) is 0 Å². The van der Waals surface area contributed by atoms with Gasteiger partial charge >= 0.3 is 11.7 Å². The predicted molar refractivity (Wildman–Crippen MR) is 84.8 cm³/mol. The lowest BCUT2D eigenvalue weighted by Gasteiger charge is -2.32. The first-order chi connectivity index (χ1) is 10.5. The number of ether oxygens (including phenoxy) is 1. The highest BCUT2D eigenvalue weighted by Gasteiger charge is 2.27. The smallest absolute Gasteiger partial charge is 0.312 e. The van der Waals surface area contributed by atoms with Crippen LogP contribution in [0.1, 0.15) is 26.2 Å². The summed E-state index contributed by atoms with van der Waals surface area (Å²) in [6.07, 6.45) is 3.58. The van der Waals surface area contributed by atoms with Gasteiger partial charge in [-0.05, 0) is 41.6 Å².